The second kappa shape index (κ2) is 8.29. The molecule has 0 spiro atoms. The number of anilines is 1. The van der Waals surface area contributed by atoms with Crippen LogP contribution in [0.1, 0.15) is 15.9 Å². The van der Waals surface area contributed by atoms with Crippen molar-refractivity contribution in [1.82, 2.24) is 9.97 Å². The van der Waals surface area contributed by atoms with E-state index in [-0.39, 0.29) is 5.78 Å². The second-order valence-corrected chi connectivity index (χ2v) is 7.17. The molecule has 138 valence electrons. The summed E-state index contributed by atoms with van der Waals surface area (Å²) in [5.74, 6) is 0.575. The van der Waals surface area contributed by atoms with Crippen molar-refractivity contribution in [2.45, 2.75) is 4.90 Å². The van der Waals surface area contributed by atoms with Crippen molar-refractivity contribution in [2.75, 3.05) is 4.72 Å². The van der Waals surface area contributed by atoms with Gasteiger partial charge in [0.2, 0.25) is 0 Å². The number of pyridine rings is 1. The summed E-state index contributed by atoms with van der Waals surface area (Å²) in [6, 6.07) is 16.5. The molecular formula is C21H14ClN3O2S. The summed E-state index contributed by atoms with van der Waals surface area (Å²) in [7, 11) is 0. The lowest BCUT2D eigenvalue weighted by Crippen LogP contribution is -2.05. The standard InChI is InChI=1S/C21H14ClN3O2S/c22-16-5-8-19(18(10-16)21(26)15-2-1-9-23-11-15)25-28-17-6-3-14(4-7-17)20-12-24-13-27-20/h1-13,25H. The Morgan fingerprint density at radius 2 is 1.89 bits per heavy atom. The van der Waals surface area contributed by atoms with Crippen LogP contribution in [0.25, 0.3) is 11.3 Å². The number of nitrogens with one attached hydrogen (secondary N) is 1. The molecule has 2 heterocycles. The zero-order valence-electron chi connectivity index (χ0n) is 14.5. The fourth-order valence-corrected chi connectivity index (χ4v) is 3.46. The van der Waals surface area contributed by atoms with Gasteiger partial charge in [-0.15, -0.1) is 0 Å². The number of hydrogen-bond acceptors (Lipinski definition) is 6. The highest BCUT2D eigenvalue weighted by Gasteiger charge is 2.15. The summed E-state index contributed by atoms with van der Waals surface area (Å²) in [6.07, 6.45) is 6.25. The molecule has 0 amide bonds. The Balaban J connectivity index is 1.53. The van der Waals surface area contributed by atoms with Crippen LogP contribution in [-0.2, 0) is 0 Å². The van der Waals surface area contributed by atoms with E-state index in [0.29, 0.717) is 27.6 Å². The van der Waals surface area contributed by atoms with Gasteiger partial charge in [0, 0.05) is 39.0 Å². The van der Waals surface area contributed by atoms with Crippen LogP contribution in [-0.4, -0.2) is 15.8 Å². The zero-order valence-corrected chi connectivity index (χ0v) is 16.1. The van der Waals surface area contributed by atoms with Gasteiger partial charge in [-0.05, 0) is 54.4 Å². The van der Waals surface area contributed by atoms with E-state index in [1.165, 1.54) is 18.3 Å². The van der Waals surface area contributed by atoms with Gasteiger partial charge in [-0.25, -0.2) is 4.98 Å². The minimum absolute atomic E-state index is 0.139. The van der Waals surface area contributed by atoms with Crippen LogP contribution in [0.15, 0.2) is 88.9 Å². The maximum atomic E-state index is 12.8. The minimum Gasteiger partial charge on any atom is -0.444 e. The van der Waals surface area contributed by atoms with Crippen molar-refractivity contribution in [1.29, 1.82) is 0 Å². The second-order valence-electron chi connectivity index (χ2n) is 5.85. The SMILES string of the molecule is O=C(c1cccnc1)c1cc(Cl)ccc1NSc1ccc(-c2cnco2)cc1. The van der Waals surface area contributed by atoms with Gasteiger partial charge >= 0.3 is 0 Å². The van der Waals surface area contributed by atoms with Crippen LogP contribution in [0.5, 0.6) is 0 Å². The number of carbonyl (C=O) groups excluding carboxylic acids is 1. The Morgan fingerprint density at radius 1 is 1.04 bits per heavy atom. The Kier molecular flexibility index (Phi) is 5.41. The zero-order chi connectivity index (χ0) is 19.3. The van der Waals surface area contributed by atoms with Crippen LogP contribution < -0.4 is 4.72 Å². The van der Waals surface area contributed by atoms with E-state index in [1.807, 2.05) is 24.3 Å². The molecule has 0 atom stereocenters. The van der Waals surface area contributed by atoms with Crippen molar-refractivity contribution in [3.05, 3.63) is 95.7 Å². The van der Waals surface area contributed by atoms with E-state index < -0.39 is 0 Å². The maximum Gasteiger partial charge on any atom is 0.196 e. The molecule has 1 N–H and O–H groups in total. The van der Waals surface area contributed by atoms with Gasteiger partial charge < -0.3 is 9.14 Å². The number of ketones is 1. The Bertz CT molecular complexity index is 1080. The van der Waals surface area contributed by atoms with Gasteiger partial charge in [0.1, 0.15) is 0 Å². The molecule has 0 fully saturated rings. The number of benzene rings is 2. The Morgan fingerprint density at radius 3 is 2.61 bits per heavy atom. The average molecular weight is 408 g/mol. The van der Waals surface area contributed by atoms with Gasteiger partial charge in [-0.1, -0.05) is 23.7 Å². The molecule has 0 saturated carbocycles. The van der Waals surface area contributed by atoms with Crippen LogP contribution in [0.3, 0.4) is 0 Å². The van der Waals surface area contributed by atoms with E-state index in [0.717, 1.165) is 10.5 Å². The van der Waals surface area contributed by atoms with Crippen LogP contribution in [0.2, 0.25) is 5.02 Å². The number of rotatable bonds is 6. The van der Waals surface area contributed by atoms with E-state index in [1.54, 1.807) is 48.9 Å². The summed E-state index contributed by atoms with van der Waals surface area (Å²) in [4.78, 5) is 21.8. The highest BCUT2D eigenvalue weighted by atomic mass is 35.5. The van der Waals surface area contributed by atoms with Crippen molar-refractivity contribution in [2.24, 2.45) is 0 Å². The molecule has 0 unspecified atom stereocenters. The number of carbonyl (C=O) groups is 1. The Labute approximate surface area is 170 Å². The number of aromatic nitrogens is 2. The van der Waals surface area contributed by atoms with Gasteiger partial charge in [0.25, 0.3) is 0 Å². The highest BCUT2D eigenvalue weighted by Crippen LogP contribution is 2.29. The Hall–Kier alpha value is -3.09. The molecule has 0 radical (unpaired) electrons. The third kappa shape index (κ3) is 4.08. The molecular weight excluding hydrogens is 394 g/mol. The predicted octanol–water partition coefficient (Wildman–Crippen LogP) is 5.74. The third-order valence-corrected chi connectivity index (χ3v) is 5.06. The lowest BCUT2D eigenvalue weighted by atomic mass is 10.0. The summed E-state index contributed by atoms with van der Waals surface area (Å²) in [5, 5.41) is 0.499. The topological polar surface area (TPSA) is 68.0 Å². The fourth-order valence-electron chi connectivity index (χ4n) is 2.61. The molecule has 5 nitrogen and oxygen atoms in total. The van der Waals surface area contributed by atoms with Gasteiger partial charge in [0.05, 0.1) is 11.9 Å². The number of halogens is 1. The maximum absolute atomic E-state index is 12.8. The quantitative estimate of drug-likeness (QED) is 0.324. The highest BCUT2D eigenvalue weighted by molar-refractivity contribution is 8.00. The largest absolute Gasteiger partial charge is 0.444 e. The first-order valence-corrected chi connectivity index (χ1v) is 9.56. The first-order chi connectivity index (χ1) is 13.7. The first kappa shape index (κ1) is 18.3. The monoisotopic (exact) mass is 407 g/mol. The van der Waals surface area contributed by atoms with Crippen LogP contribution in [0, 0.1) is 0 Å². The van der Waals surface area contributed by atoms with Crippen molar-refractivity contribution in [3.63, 3.8) is 0 Å². The predicted molar refractivity (Wildman–Crippen MR) is 111 cm³/mol. The molecule has 4 aromatic rings. The van der Waals surface area contributed by atoms with E-state index in [2.05, 4.69) is 14.7 Å². The minimum atomic E-state index is -0.139. The number of oxazole rings is 1. The van der Waals surface area contributed by atoms with E-state index in [9.17, 15) is 4.79 Å². The van der Waals surface area contributed by atoms with Crippen molar-refractivity contribution < 1.29 is 9.21 Å². The summed E-state index contributed by atoms with van der Waals surface area (Å²) < 4.78 is 8.54. The third-order valence-electron chi connectivity index (χ3n) is 4.00. The molecule has 2 aromatic carbocycles. The molecule has 4 rings (SSSR count). The normalized spacial score (nSPS) is 10.6. The number of nitrogens with zero attached hydrogens (tertiary/aromatic N) is 2. The van der Waals surface area contributed by atoms with Crippen LogP contribution >= 0.6 is 23.5 Å². The summed E-state index contributed by atoms with van der Waals surface area (Å²) in [6.45, 7) is 0. The molecule has 28 heavy (non-hydrogen) atoms. The lowest BCUT2D eigenvalue weighted by Gasteiger charge is -2.11. The number of hydrogen-bond donors (Lipinski definition) is 1. The molecule has 0 saturated heterocycles. The smallest absolute Gasteiger partial charge is 0.196 e. The fraction of sp³-hybridized carbons (Fsp3) is 0. The van der Waals surface area contributed by atoms with E-state index in [4.69, 9.17) is 16.0 Å². The average Bonchev–Trinajstić information content (AvgIpc) is 3.28. The lowest BCUT2D eigenvalue weighted by molar-refractivity contribution is 0.103. The molecule has 0 aliphatic carbocycles. The van der Waals surface area contributed by atoms with Gasteiger partial charge in [0.15, 0.2) is 17.9 Å². The molecule has 0 aliphatic heterocycles. The van der Waals surface area contributed by atoms with Crippen LogP contribution in [0.4, 0.5) is 5.69 Å². The molecule has 7 heteroatoms. The summed E-state index contributed by atoms with van der Waals surface area (Å²) >= 11 is 7.52. The van der Waals surface area contributed by atoms with Gasteiger partial charge in [-0.2, -0.15) is 0 Å². The molecule has 0 aliphatic rings. The van der Waals surface area contributed by atoms with E-state index >= 15 is 0 Å². The first-order valence-electron chi connectivity index (χ1n) is 8.37. The van der Waals surface area contributed by atoms with Crippen molar-refractivity contribution in [3.8, 4) is 11.3 Å². The van der Waals surface area contributed by atoms with Crippen molar-refractivity contribution >= 4 is 35.0 Å². The molecule has 2 aromatic heterocycles. The van der Waals surface area contributed by atoms with Gasteiger partial charge in [-0.3, -0.25) is 9.78 Å². The molecule has 0 bridgehead atoms. The summed E-state index contributed by atoms with van der Waals surface area (Å²) in [5.41, 5.74) is 2.63.